The van der Waals surface area contributed by atoms with Crippen molar-refractivity contribution in [3.05, 3.63) is 60.8 Å². The molecule has 0 radical (unpaired) electrons. The van der Waals surface area contributed by atoms with E-state index in [1.807, 2.05) is 0 Å². The molecular formula is C24H25FN8O3. The highest BCUT2D eigenvalue weighted by Gasteiger charge is 2.17. The fourth-order valence-electron chi connectivity index (χ4n) is 3.39. The molecule has 0 aliphatic carbocycles. The predicted octanol–water partition coefficient (Wildman–Crippen LogP) is 2.30. The minimum Gasteiger partial charge on any atom is -0.493 e. The van der Waals surface area contributed by atoms with Gasteiger partial charge in [-0.25, -0.2) is 19.3 Å². The van der Waals surface area contributed by atoms with Crippen LogP contribution in [0, 0.1) is 5.82 Å². The van der Waals surface area contributed by atoms with Gasteiger partial charge in [-0.05, 0) is 36.4 Å². The fraction of sp³-hybridized carbons (Fsp3) is 0.208. The lowest BCUT2D eigenvalue weighted by Crippen LogP contribution is -2.31. The van der Waals surface area contributed by atoms with Crippen molar-refractivity contribution in [2.24, 2.45) is 0 Å². The van der Waals surface area contributed by atoms with Crippen LogP contribution in [0.15, 0.2) is 55.0 Å². The highest BCUT2D eigenvalue weighted by atomic mass is 19.1. The second-order valence-corrected chi connectivity index (χ2v) is 7.59. The van der Waals surface area contributed by atoms with Gasteiger partial charge < -0.3 is 25.8 Å². The summed E-state index contributed by atoms with van der Waals surface area (Å²) in [6, 6.07) is 9.52. The highest BCUT2D eigenvalue weighted by molar-refractivity contribution is 5.77. The average Bonchev–Trinajstić information content (AvgIpc) is 3.33. The SMILES string of the molecule is COCC(=O)NCCNc1nccc(-n2cc(-c3ccc(F)cc3)nc2-c2cnc(N)c(OC)c2)n1. The number of pyridine rings is 1. The summed E-state index contributed by atoms with van der Waals surface area (Å²) in [4.78, 5) is 29.3. The Hall–Kier alpha value is -4.58. The maximum Gasteiger partial charge on any atom is 0.246 e. The number of carbonyl (C=O) groups is 1. The van der Waals surface area contributed by atoms with E-state index in [0.29, 0.717) is 47.7 Å². The zero-order valence-corrected chi connectivity index (χ0v) is 19.7. The normalized spacial score (nSPS) is 10.8. The molecule has 0 atom stereocenters. The van der Waals surface area contributed by atoms with Crippen molar-refractivity contribution in [2.75, 3.05) is 45.0 Å². The largest absolute Gasteiger partial charge is 0.493 e. The smallest absolute Gasteiger partial charge is 0.246 e. The molecule has 0 bridgehead atoms. The Morgan fingerprint density at radius 3 is 2.64 bits per heavy atom. The number of aromatic nitrogens is 5. The van der Waals surface area contributed by atoms with Crippen LogP contribution in [-0.2, 0) is 9.53 Å². The number of hydrogen-bond donors (Lipinski definition) is 3. The van der Waals surface area contributed by atoms with Crippen LogP contribution in [0.25, 0.3) is 28.5 Å². The number of benzene rings is 1. The summed E-state index contributed by atoms with van der Waals surface area (Å²) in [5.74, 6) is 1.53. The molecule has 36 heavy (non-hydrogen) atoms. The lowest BCUT2D eigenvalue weighted by molar-refractivity contribution is -0.124. The molecule has 0 saturated heterocycles. The van der Waals surface area contributed by atoms with Gasteiger partial charge >= 0.3 is 0 Å². The van der Waals surface area contributed by atoms with Crippen LogP contribution in [0.5, 0.6) is 5.75 Å². The Labute approximate surface area is 206 Å². The zero-order valence-electron chi connectivity index (χ0n) is 19.7. The van der Waals surface area contributed by atoms with E-state index in [-0.39, 0.29) is 24.1 Å². The maximum atomic E-state index is 13.5. The van der Waals surface area contributed by atoms with Crippen LogP contribution in [0.3, 0.4) is 0 Å². The molecule has 0 fully saturated rings. The van der Waals surface area contributed by atoms with Crippen molar-refractivity contribution in [3.63, 3.8) is 0 Å². The quantitative estimate of drug-likeness (QED) is 0.284. The highest BCUT2D eigenvalue weighted by Crippen LogP contribution is 2.30. The first-order chi connectivity index (χ1) is 17.5. The lowest BCUT2D eigenvalue weighted by atomic mass is 10.2. The van der Waals surface area contributed by atoms with Gasteiger partial charge in [-0.15, -0.1) is 0 Å². The second kappa shape index (κ2) is 11.2. The van der Waals surface area contributed by atoms with Gasteiger partial charge in [0.05, 0.1) is 12.8 Å². The third-order valence-corrected chi connectivity index (χ3v) is 5.10. The van der Waals surface area contributed by atoms with Gasteiger partial charge in [0.25, 0.3) is 0 Å². The van der Waals surface area contributed by atoms with Gasteiger partial charge in [0.2, 0.25) is 11.9 Å². The minimum atomic E-state index is -0.337. The monoisotopic (exact) mass is 492 g/mol. The molecule has 0 unspecified atom stereocenters. The molecular weight excluding hydrogens is 467 g/mol. The molecule has 1 aromatic carbocycles. The van der Waals surface area contributed by atoms with Gasteiger partial charge in [0.1, 0.15) is 24.1 Å². The number of nitrogens with two attached hydrogens (primary N) is 1. The van der Waals surface area contributed by atoms with E-state index < -0.39 is 0 Å². The predicted molar refractivity (Wildman–Crippen MR) is 132 cm³/mol. The Kier molecular flexibility index (Phi) is 7.66. The van der Waals surface area contributed by atoms with Crippen LogP contribution in [0.1, 0.15) is 0 Å². The van der Waals surface area contributed by atoms with E-state index >= 15 is 0 Å². The third-order valence-electron chi connectivity index (χ3n) is 5.10. The number of hydrogen-bond acceptors (Lipinski definition) is 9. The van der Waals surface area contributed by atoms with Crippen molar-refractivity contribution in [2.45, 2.75) is 0 Å². The standard InChI is InChI=1S/C24H25FN8O3/c1-35-14-21(34)27-9-10-29-24-28-8-7-20(32-24)33-13-18(15-3-5-17(25)6-4-15)31-23(33)16-11-19(36-2)22(26)30-12-16/h3-8,11-13H,9-10,14H2,1-2H3,(H2,26,30)(H,27,34)(H,28,29,32). The van der Waals surface area contributed by atoms with Crippen molar-refractivity contribution in [1.29, 1.82) is 0 Å². The van der Waals surface area contributed by atoms with Crippen molar-refractivity contribution in [1.82, 2.24) is 29.8 Å². The number of amides is 1. The molecule has 11 nitrogen and oxygen atoms in total. The molecule has 4 aromatic rings. The number of anilines is 2. The Bertz CT molecular complexity index is 1340. The topological polar surface area (TPSA) is 142 Å². The van der Waals surface area contributed by atoms with Crippen LogP contribution >= 0.6 is 0 Å². The van der Waals surface area contributed by atoms with Crippen LogP contribution < -0.4 is 21.1 Å². The molecule has 12 heteroatoms. The number of imidazole rings is 1. The van der Waals surface area contributed by atoms with E-state index in [1.54, 1.807) is 47.4 Å². The van der Waals surface area contributed by atoms with E-state index in [0.717, 1.165) is 5.56 Å². The fourth-order valence-corrected chi connectivity index (χ4v) is 3.39. The number of halogens is 1. The van der Waals surface area contributed by atoms with Gasteiger partial charge in [0.15, 0.2) is 11.6 Å². The van der Waals surface area contributed by atoms with Gasteiger partial charge in [-0.3, -0.25) is 9.36 Å². The van der Waals surface area contributed by atoms with Gasteiger partial charge in [0, 0.05) is 49.9 Å². The first-order valence-corrected chi connectivity index (χ1v) is 11.0. The number of methoxy groups -OCH3 is 2. The molecule has 3 heterocycles. The third kappa shape index (κ3) is 5.73. The molecule has 186 valence electrons. The molecule has 0 aliphatic heterocycles. The first kappa shape index (κ1) is 24.5. The molecule has 4 N–H and O–H groups in total. The molecule has 4 rings (SSSR count). The first-order valence-electron chi connectivity index (χ1n) is 11.0. The summed E-state index contributed by atoms with van der Waals surface area (Å²) in [5.41, 5.74) is 7.87. The lowest BCUT2D eigenvalue weighted by Gasteiger charge is -2.11. The van der Waals surface area contributed by atoms with Crippen LogP contribution in [-0.4, -0.2) is 64.3 Å². The molecule has 3 aromatic heterocycles. The van der Waals surface area contributed by atoms with E-state index in [2.05, 4.69) is 25.6 Å². The Morgan fingerprint density at radius 1 is 1.08 bits per heavy atom. The average molecular weight is 493 g/mol. The van der Waals surface area contributed by atoms with Crippen LogP contribution in [0.4, 0.5) is 16.2 Å². The summed E-state index contributed by atoms with van der Waals surface area (Å²) in [5, 5.41) is 5.80. The van der Waals surface area contributed by atoms with Crippen LogP contribution in [0.2, 0.25) is 0 Å². The number of nitrogens with zero attached hydrogens (tertiary/aromatic N) is 5. The van der Waals surface area contributed by atoms with Crippen molar-refractivity contribution < 1.29 is 18.7 Å². The Balaban J connectivity index is 1.66. The summed E-state index contributed by atoms with van der Waals surface area (Å²) in [6.07, 6.45) is 4.99. The van der Waals surface area contributed by atoms with Gasteiger partial charge in [-0.1, -0.05) is 0 Å². The number of carbonyl (C=O) groups excluding carboxylic acids is 1. The van der Waals surface area contributed by atoms with E-state index in [1.165, 1.54) is 26.4 Å². The molecule has 0 saturated carbocycles. The molecule has 0 spiro atoms. The maximum absolute atomic E-state index is 13.5. The minimum absolute atomic E-state index is 0.00341. The summed E-state index contributed by atoms with van der Waals surface area (Å²) in [7, 11) is 2.97. The number of nitrogen functional groups attached to an aromatic ring is 1. The van der Waals surface area contributed by atoms with E-state index in [4.69, 9.17) is 20.2 Å². The molecule has 0 aliphatic rings. The number of rotatable bonds is 10. The summed E-state index contributed by atoms with van der Waals surface area (Å²) >= 11 is 0. The van der Waals surface area contributed by atoms with Crippen molar-refractivity contribution in [3.8, 4) is 34.2 Å². The summed E-state index contributed by atoms with van der Waals surface area (Å²) in [6.45, 7) is 0.782. The Morgan fingerprint density at radius 2 is 1.89 bits per heavy atom. The van der Waals surface area contributed by atoms with Gasteiger partial charge in [-0.2, -0.15) is 4.98 Å². The van der Waals surface area contributed by atoms with Crippen molar-refractivity contribution >= 4 is 17.7 Å². The number of ether oxygens (including phenoxy) is 2. The summed E-state index contributed by atoms with van der Waals surface area (Å²) < 4.78 is 25.4. The number of nitrogens with one attached hydrogen (secondary N) is 2. The zero-order chi connectivity index (χ0) is 25.5. The second-order valence-electron chi connectivity index (χ2n) is 7.59. The van der Waals surface area contributed by atoms with E-state index in [9.17, 15) is 9.18 Å². The molecule has 1 amide bonds.